The maximum Gasteiger partial charge on any atom is 0.120 e. The summed E-state index contributed by atoms with van der Waals surface area (Å²) in [4.78, 5) is 0. The minimum absolute atomic E-state index is 0.318. The minimum atomic E-state index is 0.318. The van der Waals surface area contributed by atoms with Crippen LogP contribution in [-0.4, -0.2) is 18.7 Å². The summed E-state index contributed by atoms with van der Waals surface area (Å²) in [6.45, 7) is 7.64. The monoisotopic (exact) mass is 289 g/mol. The van der Waals surface area contributed by atoms with Crippen LogP contribution < -0.4 is 10.1 Å². The smallest absolute Gasteiger partial charge is 0.120 e. The van der Waals surface area contributed by atoms with E-state index in [1.54, 1.807) is 0 Å². The van der Waals surface area contributed by atoms with E-state index >= 15 is 0 Å². The van der Waals surface area contributed by atoms with Gasteiger partial charge >= 0.3 is 0 Å². The highest BCUT2D eigenvalue weighted by molar-refractivity contribution is 5.34. The molecular formula is C19H31NO. The number of ether oxygens (including phenoxy) is 1. The molecular weight excluding hydrogens is 258 g/mol. The minimum Gasteiger partial charge on any atom is -0.489 e. The summed E-state index contributed by atoms with van der Waals surface area (Å²) in [5.41, 5.74) is 2.65. The number of aryl methyl sites for hydroxylation is 2. The number of hydrogen-bond acceptors (Lipinski definition) is 2. The maximum absolute atomic E-state index is 6.37. The van der Waals surface area contributed by atoms with Crippen LogP contribution in [0.5, 0.6) is 5.75 Å². The predicted octanol–water partition coefficient (Wildman–Crippen LogP) is 4.77. The van der Waals surface area contributed by atoms with Crippen LogP contribution in [0.4, 0.5) is 0 Å². The summed E-state index contributed by atoms with van der Waals surface area (Å²) in [7, 11) is 0. The number of rotatable bonds is 5. The van der Waals surface area contributed by atoms with Crippen molar-refractivity contribution < 1.29 is 4.74 Å². The molecule has 0 spiro atoms. The number of nitrogens with one attached hydrogen (secondary N) is 1. The fourth-order valence-corrected chi connectivity index (χ4v) is 3.12. The highest BCUT2D eigenvalue weighted by Crippen LogP contribution is 2.24. The third-order valence-electron chi connectivity index (χ3n) is 4.62. The first kappa shape index (κ1) is 16.4. The Balaban J connectivity index is 2.05. The second-order valence-electron chi connectivity index (χ2n) is 6.45. The molecule has 2 unspecified atom stereocenters. The topological polar surface area (TPSA) is 21.3 Å². The van der Waals surface area contributed by atoms with Gasteiger partial charge in [0.2, 0.25) is 0 Å². The number of hydrogen-bond donors (Lipinski definition) is 1. The summed E-state index contributed by atoms with van der Waals surface area (Å²) in [5, 5.41) is 3.71. The molecule has 1 N–H and O–H groups in total. The van der Waals surface area contributed by atoms with E-state index in [4.69, 9.17) is 4.74 Å². The molecule has 1 aliphatic carbocycles. The van der Waals surface area contributed by atoms with Gasteiger partial charge in [-0.15, -0.1) is 0 Å². The van der Waals surface area contributed by atoms with Gasteiger partial charge in [0.1, 0.15) is 11.9 Å². The van der Waals surface area contributed by atoms with Crippen molar-refractivity contribution in [1.29, 1.82) is 0 Å². The lowest BCUT2D eigenvalue weighted by Crippen LogP contribution is -2.44. The SMILES string of the molecule is CCCNC1CCCCCCC1Oc1ccc(C)c(C)c1. The van der Waals surface area contributed by atoms with Crippen LogP contribution in [-0.2, 0) is 0 Å². The third-order valence-corrected chi connectivity index (χ3v) is 4.62. The Morgan fingerprint density at radius 3 is 2.52 bits per heavy atom. The number of benzene rings is 1. The molecule has 2 heteroatoms. The quantitative estimate of drug-likeness (QED) is 0.842. The molecule has 0 radical (unpaired) electrons. The van der Waals surface area contributed by atoms with Gasteiger partial charge in [-0.05, 0) is 69.3 Å². The normalized spacial score (nSPS) is 23.4. The lowest BCUT2D eigenvalue weighted by Gasteiger charge is -2.31. The summed E-state index contributed by atoms with van der Waals surface area (Å²) in [6, 6.07) is 6.98. The molecule has 21 heavy (non-hydrogen) atoms. The van der Waals surface area contributed by atoms with Gasteiger partial charge in [0, 0.05) is 6.04 Å². The highest BCUT2D eigenvalue weighted by Gasteiger charge is 2.24. The maximum atomic E-state index is 6.37. The summed E-state index contributed by atoms with van der Waals surface area (Å²) in [5.74, 6) is 1.03. The van der Waals surface area contributed by atoms with Gasteiger partial charge in [0.05, 0.1) is 0 Å². The van der Waals surface area contributed by atoms with Crippen molar-refractivity contribution in [2.75, 3.05) is 6.54 Å². The molecule has 0 amide bonds. The molecule has 0 bridgehead atoms. The van der Waals surface area contributed by atoms with Crippen LogP contribution >= 0.6 is 0 Å². The van der Waals surface area contributed by atoms with Crippen molar-refractivity contribution in [1.82, 2.24) is 5.32 Å². The zero-order chi connectivity index (χ0) is 15.1. The van der Waals surface area contributed by atoms with E-state index in [0.29, 0.717) is 12.1 Å². The van der Waals surface area contributed by atoms with Crippen molar-refractivity contribution in [2.24, 2.45) is 0 Å². The van der Waals surface area contributed by atoms with Gasteiger partial charge in [-0.1, -0.05) is 32.3 Å². The zero-order valence-corrected chi connectivity index (χ0v) is 14.0. The van der Waals surface area contributed by atoms with Gasteiger partial charge in [0.15, 0.2) is 0 Å². The second-order valence-corrected chi connectivity index (χ2v) is 6.45. The molecule has 2 rings (SSSR count). The Kier molecular flexibility index (Phi) is 6.56. The zero-order valence-electron chi connectivity index (χ0n) is 14.0. The van der Waals surface area contributed by atoms with E-state index in [-0.39, 0.29) is 0 Å². The van der Waals surface area contributed by atoms with Crippen molar-refractivity contribution >= 4 is 0 Å². The molecule has 0 saturated heterocycles. The molecule has 0 heterocycles. The molecule has 118 valence electrons. The molecule has 0 aliphatic heterocycles. The molecule has 2 atom stereocenters. The molecule has 1 aliphatic rings. The van der Waals surface area contributed by atoms with Gasteiger partial charge in [-0.25, -0.2) is 0 Å². The third kappa shape index (κ3) is 5.03. The van der Waals surface area contributed by atoms with Crippen LogP contribution in [0.15, 0.2) is 18.2 Å². The first-order valence-corrected chi connectivity index (χ1v) is 8.68. The van der Waals surface area contributed by atoms with E-state index in [1.165, 1.54) is 56.1 Å². The van der Waals surface area contributed by atoms with E-state index in [1.807, 2.05) is 0 Å². The average Bonchev–Trinajstić information content (AvgIpc) is 2.45. The Labute approximate surface area is 130 Å². The highest BCUT2D eigenvalue weighted by atomic mass is 16.5. The van der Waals surface area contributed by atoms with Crippen molar-refractivity contribution in [2.45, 2.75) is 77.9 Å². The van der Waals surface area contributed by atoms with E-state index in [9.17, 15) is 0 Å². The van der Waals surface area contributed by atoms with Crippen molar-refractivity contribution in [3.8, 4) is 5.75 Å². The van der Waals surface area contributed by atoms with Crippen molar-refractivity contribution in [3.63, 3.8) is 0 Å². The van der Waals surface area contributed by atoms with Gasteiger partial charge in [-0.3, -0.25) is 0 Å². The standard InChI is InChI=1S/C19H31NO/c1-4-13-20-18-9-7-5-6-8-10-19(18)21-17-12-11-15(2)16(3)14-17/h11-12,14,18-20H,4-10,13H2,1-3H3. The Morgan fingerprint density at radius 1 is 1.05 bits per heavy atom. The van der Waals surface area contributed by atoms with Crippen LogP contribution in [0.3, 0.4) is 0 Å². The van der Waals surface area contributed by atoms with Crippen LogP contribution in [0.2, 0.25) is 0 Å². The Bertz CT molecular complexity index is 428. The fourth-order valence-electron chi connectivity index (χ4n) is 3.12. The Morgan fingerprint density at radius 2 is 1.81 bits per heavy atom. The summed E-state index contributed by atoms with van der Waals surface area (Å²) in [6.07, 6.45) is 9.28. The first-order chi connectivity index (χ1) is 10.2. The van der Waals surface area contributed by atoms with Crippen molar-refractivity contribution in [3.05, 3.63) is 29.3 Å². The van der Waals surface area contributed by atoms with E-state index in [0.717, 1.165) is 12.3 Å². The molecule has 1 fully saturated rings. The second kappa shape index (κ2) is 8.43. The van der Waals surface area contributed by atoms with Gasteiger partial charge in [-0.2, -0.15) is 0 Å². The molecule has 1 aromatic rings. The Hall–Kier alpha value is -1.02. The summed E-state index contributed by atoms with van der Waals surface area (Å²) < 4.78 is 6.37. The van der Waals surface area contributed by atoms with Crippen LogP contribution in [0.1, 0.15) is 63.0 Å². The molecule has 0 aromatic heterocycles. The predicted molar refractivity (Wildman–Crippen MR) is 90.1 cm³/mol. The van der Waals surface area contributed by atoms with E-state index in [2.05, 4.69) is 44.3 Å². The lowest BCUT2D eigenvalue weighted by molar-refractivity contribution is 0.127. The lowest BCUT2D eigenvalue weighted by atomic mass is 9.94. The summed E-state index contributed by atoms with van der Waals surface area (Å²) >= 11 is 0. The molecule has 2 nitrogen and oxygen atoms in total. The average molecular weight is 289 g/mol. The van der Waals surface area contributed by atoms with E-state index < -0.39 is 0 Å². The molecule has 1 saturated carbocycles. The fraction of sp³-hybridized carbons (Fsp3) is 0.684. The van der Waals surface area contributed by atoms with Gasteiger partial charge in [0.25, 0.3) is 0 Å². The van der Waals surface area contributed by atoms with Crippen LogP contribution in [0.25, 0.3) is 0 Å². The largest absolute Gasteiger partial charge is 0.489 e. The first-order valence-electron chi connectivity index (χ1n) is 8.68. The van der Waals surface area contributed by atoms with Crippen LogP contribution in [0, 0.1) is 13.8 Å². The molecule has 1 aromatic carbocycles. The van der Waals surface area contributed by atoms with Gasteiger partial charge < -0.3 is 10.1 Å².